The number of para-hydroxylation sites is 2. The molecular formula is C34H30BrN2O6P. The molecule has 10 heteroatoms. The third kappa shape index (κ3) is 6.76. The minimum Gasteiger partial charge on any atom is -0.454 e. The maximum absolute atomic E-state index is 14.6. The molecule has 0 aromatic heterocycles. The lowest BCUT2D eigenvalue weighted by Gasteiger charge is -2.36. The van der Waals surface area contributed by atoms with Gasteiger partial charge in [-0.1, -0.05) is 88.7 Å². The van der Waals surface area contributed by atoms with E-state index >= 15 is 0 Å². The molecule has 44 heavy (non-hydrogen) atoms. The van der Waals surface area contributed by atoms with Crippen molar-refractivity contribution >= 4 is 35.1 Å². The van der Waals surface area contributed by atoms with Gasteiger partial charge in [-0.05, 0) is 58.7 Å². The first-order valence-electron chi connectivity index (χ1n) is 14.0. The van der Waals surface area contributed by atoms with Crippen LogP contribution in [-0.4, -0.2) is 28.7 Å². The second kappa shape index (κ2) is 13.1. The number of amidine groups is 1. The van der Waals surface area contributed by atoms with Crippen LogP contribution < -0.4 is 18.5 Å². The van der Waals surface area contributed by atoms with Crippen LogP contribution >= 0.6 is 23.7 Å². The summed E-state index contributed by atoms with van der Waals surface area (Å²) in [5.74, 6) is 2.55. The van der Waals surface area contributed by atoms with Crippen molar-refractivity contribution in [2.24, 2.45) is 4.76 Å². The molecule has 0 aliphatic carbocycles. The lowest BCUT2D eigenvalue weighted by molar-refractivity contribution is 0.174. The van der Waals surface area contributed by atoms with E-state index in [0.29, 0.717) is 41.8 Å². The number of rotatable bonds is 10. The van der Waals surface area contributed by atoms with Crippen LogP contribution in [0.3, 0.4) is 0 Å². The van der Waals surface area contributed by atoms with E-state index in [1.54, 1.807) is 48.5 Å². The summed E-state index contributed by atoms with van der Waals surface area (Å²) >= 11 is 3.68. The fourth-order valence-electron chi connectivity index (χ4n) is 5.00. The van der Waals surface area contributed by atoms with E-state index in [9.17, 15) is 9.67 Å². The quantitative estimate of drug-likeness (QED) is 0.134. The molecule has 1 atom stereocenters. The van der Waals surface area contributed by atoms with E-state index in [0.717, 1.165) is 26.7 Å². The molecule has 4 aromatic carbocycles. The van der Waals surface area contributed by atoms with Crippen molar-refractivity contribution in [2.75, 3.05) is 6.79 Å². The van der Waals surface area contributed by atoms with Gasteiger partial charge in [-0.3, -0.25) is 0 Å². The average Bonchev–Trinajstić information content (AvgIpc) is 3.49. The van der Waals surface area contributed by atoms with Crippen LogP contribution in [0, 0.1) is 0 Å². The fraction of sp³-hybridized carbons (Fsp3) is 0.147. The maximum Gasteiger partial charge on any atom is 0.564 e. The Kier molecular flexibility index (Phi) is 8.89. The third-order valence-electron chi connectivity index (χ3n) is 7.21. The molecule has 0 amide bonds. The van der Waals surface area contributed by atoms with Crippen molar-refractivity contribution < 1.29 is 28.2 Å². The van der Waals surface area contributed by atoms with E-state index in [-0.39, 0.29) is 19.4 Å². The summed E-state index contributed by atoms with van der Waals surface area (Å²) in [6, 6.07) is 28.9. The predicted octanol–water partition coefficient (Wildman–Crippen LogP) is 8.18. The zero-order valence-electron chi connectivity index (χ0n) is 23.7. The van der Waals surface area contributed by atoms with Crippen molar-refractivity contribution in [1.29, 1.82) is 0 Å². The molecule has 0 spiro atoms. The summed E-state index contributed by atoms with van der Waals surface area (Å²) in [5, 5.41) is 9.55. The summed E-state index contributed by atoms with van der Waals surface area (Å²) < 4.78 is 43.5. The van der Waals surface area contributed by atoms with Crippen LogP contribution in [0.5, 0.6) is 23.0 Å². The molecule has 2 aliphatic rings. The van der Waals surface area contributed by atoms with Crippen molar-refractivity contribution in [1.82, 2.24) is 4.90 Å². The van der Waals surface area contributed by atoms with E-state index in [1.165, 1.54) is 0 Å². The Balaban J connectivity index is 1.45. The van der Waals surface area contributed by atoms with Crippen molar-refractivity contribution in [3.05, 3.63) is 137 Å². The monoisotopic (exact) mass is 672 g/mol. The first-order valence-corrected chi connectivity index (χ1v) is 16.3. The van der Waals surface area contributed by atoms with E-state index < -0.39 is 7.75 Å². The molecule has 0 radical (unpaired) electrons. The molecule has 1 unspecified atom stereocenters. The van der Waals surface area contributed by atoms with Crippen molar-refractivity contribution in [3.63, 3.8) is 0 Å². The first-order chi connectivity index (χ1) is 21.4. The Hall–Kier alpha value is -4.30. The molecular weight excluding hydrogens is 643 g/mol. The average molecular weight is 674 g/mol. The number of nitrogens with zero attached hydrogens (tertiary/aromatic N) is 2. The number of halogens is 1. The number of hydrogen-bond donors (Lipinski definition) is 1. The normalized spacial score (nSPS) is 16.9. The molecule has 2 aliphatic heterocycles. The highest BCUT2D eigenvalue weighted by molar-refractivity contribution is 9.10. The van der Waals surface area contributed by atoms with Crippen LogP contribution in [-0.2, 0) is 17.7 Å². The van der Waals surface area contributed by atoms with Gasteiger partial charge < -0.3 is 28.5 Å². The second-order valence-corrected chi connectivity index (χ2v) is 12.5. The number of benzene rings is 4. The molecule has 4 aromatic rings. The maximum atomic E-state index is 14.6. The Morgan fingerprint density at radius 1 is 0.955 bits per heavy atom. The topological polar surface area (TPSA) is 89.8 Å². The molecule has 0 bridgehead atoms. The SMILES string of the molecule is C=CC1C=C(c2ccc(CO)cc2)C/C(=N/P(=O)(Oc2ccccc2)Oc2ccccc2)N1Cc1cc2c(cc1Br)OCO2. The lowest BCUT2D eigenvalue weighted by atomic mass is 9.94. The highest BCUT2D eigenvalue weighted by Gasteiger charge is 2.34. The van der Waals surface area contributed by atoms with E-state index in [4.69, 9.17) is 23.3 Å². The number of hydrogen-bond acceptors (Lipinski definition) is 6. The van der Waals surface area contributed by atoms with Gasteiger partial charge in [-0.2, -0.15) is 0 Å². The summed E-state index contributed by atoms with van der Waals surface area (Å²) in [7, 11) is -4.17. The van der Waals surface area contributed by atoms with Gasteiger partial charge in [0, 0.05) is 17.4 Å². The minimum absolute atomic E-state index is 0.0453. The van der Waals surface area contributed by atoms with Gasteiger partial charge in [0.05, 0.1) is 12.6 Å². The Morgan fingerprint density at radius 2 is 1.57 bits per heavy atom. The molecule has 6 rings (SSSR count). The van der Waals surface area contributed by atoms with Crippen LogP contribution in [0.1, 0.15) is 23.1 Å². The Bertz CT molecular complexity index is 1700. The molecule has 0 saturated heterocycles. The summed E-state index contributed by atoms with van der Waals surface area (Å²) in [5.41, 5.74) is 3.64. The minimum atomic E-state index is -4.17. The first kappa shape index (κ1) is 29.8. The number of aliphatic hydroxyl groups is 1. The van der Waals surface area contributed by atoms with Crippen LogP contribution in [0.2, 0.25) is 0 Å². The molecule has 2 heterocycles. The zero-order valence-corrected chi connectivity index (χ0v) is 26.2. The fourth-order valence-corrected chi connectivity index (χ4v) is 6.81. The Labute approximate surface area is 264 Å². The molecule has 8 nitrogen and oxygen atoms in total. The van der Waals surface area contributed by atoms with Crippen molar-refractivity contribution in [3.8, 4) is 23.0 Å². The summed E-state index contributed by atoms with van der Waals surface area (Å²) in [6.07, 6.45) is 4.27. The second-order valence-electron chi connectivity index (χ2n) is 10.2. The largest absolute Gasteiger partial charge is 0.564 e. The van der Waals surface area contributed by atoms with Crippen molar-refractivity contribution in [2.45, 2.75) is 25.6 Å². The van der Waals surface area contributed by atoms with Crippen LogP contribution in [0.4, 0.5) is 0 Å². The highest BCUT2D eigenvalue weighted by Crippen LogP contribution is 2.51. The molecule has 0 fully saturated rings. The lowest BCUT2D eigenvalue weighted by Crippen LogP contribution is -2.41. The number of fused-ring (bicyclic) bond motifs is 1. The molecule has 0 saturated carbocycles. The van der Waals surface area contributed by atoms with Gasteiger partial charge in [-0.25, -0.2) is 4.57 Å². The van der Waals surface area contributed by atoms with Gasteiger partial charge in [0.25, 0.3) is 0 Å². The highest BCUT2D eigenvalue weighted by atomic mass is 79.9. The predicted molar refractivity (Wildman–Crippen MR) is 174 cm³/mol. The van der Waals surface area contributed by atoms with Gasteiger partial charge in [0.15, 0.2) is 11.5 Å². The summed E-state index contributed by atoms with van der Waals surface area (Å²) in [6.45, 7) is 4.62. The van der Waals surface area contributed by atoms with Gasteiger partial charge >= 0.3 is 7.75 Å². The van der Waals surface area contributed by atoms with Crippen LogP contribution in [0.25, 0.3) is 5.57 Å². The van der Waals surface area contributed by atoms with Gasteiger partial charge in [0.2, 0.25) is 6.79 Å². The van der Waals surface area contributed by atoms with Gasteiger partial charge in [-0.15, -0.1) is 11.3 Å². The van der Waals surface area contributed by atoms with Crippen LogP contribution in [0.15, 0.2) is 125 Å². The molecule has 1 N–H and O–H groups in total. The van der Waals surface area contributed by atoms with Gasteiger partial charge in [0.1, 0.15) is 17.3 Å². The molecule has 224 valence electrons. The number of ether oxygens (including phenoxy) is 2. The summed E-state index contributed by atoms with van der Waals surface area (Å²) in [4.78, 5) is 2.02. The number of aliphatic hydroxyl groups excluding tert-OH is 1. The standard InChI is InChI=1S/C34H30BrN2O6P/c1-2-28-17-26(25-15-13-24(22-38)14-16-25)19-34(37(28)21-27-18-32-33(20-31(27)35)41-23-40-32)36-44(39,42-29-9-5-3-6-10-29)43-30-11-7-4-8-12-30/h2-18,20,28,38H,1,19,21-23H2/b36-34-. The third-order valence-corrected chi connectivity index (χ3v) is 9.31. The van der Waals surface area contributed by atoms with E-state index in [2.05, 4.69) is 28.6 Å². The smallest absolute Gasteiger partial charge is 0.454 e. The van der Waals surface area contributed by atoms with E-state index in [1.807, 2.05) is 59.5 Å². The zero-order chi connectivity index (χ0) is 30.5. The Morgan fingerprint density at radius 3 is 2.16 bits per heavy atom.